The number of aliphatic hydroxyl groups is 1. The minimum absolute atomic E-state index is 0.329. The number of hydrogen-bond donors (Lipinski definition) is 1. The van der Waals surface area contributed by atoms with Gasteiger partial charge in [-0.3, -0.25) is 0 Å². The van der Waals surface area contributed by atoms with E-state index in [4.69, 9.17) is 4.74 Å². The first-order chi connectivity index (χ1) is 9.02. The second-order valence-corrected chi connectivity index (χ2v) is 5.18. The maximum absolute atomic E-state index is 13.2. The lowest BCUT2D eigenvalue weighted by molar-refractivity contribution is 0.214. The van der Waals surface area contributed by atoms with Crippen LogP contribution < -0.4 is 4.74 Å². The molecule has 0 amide bonds. The molecule has 0 fully saturated rings. The van der Waals surface area contributed by atoms with Gasteiger partial charge in [0.25, 0.3) is 0 Å². The normalized spacial score (nSPS) is 12.3. The summed E-state index contributed by atoms with van der Waals surface area (Å²) >= 11 is 3.12. The smallest absolute Gasteiger partial charge is 0.137 e. The fourth-order valence-electron chi connectivity index (χ4n) is 1.93. The average molecular weight is 325 g/mol. The van der Waals surface area contributed by atoms with E-state index < -0.39 is 6.10 Å². The van der Waals surface area contributed by atoms with Crippen molar-refractivity contribution in [1.29, 1.82) is 0 Å². The van der Waals surface area contributed by atoms with E-state index in [1.807, 2.05) is 25.1 Å². The van der Waals surface area contributed by atoms with Crippen LogP contribution >= 0.6 is 15.9 Å². The molecule has 1 N–H and O–H groups in total. The van der Waals surface area contributed by atoms with Crippen molar-refractivity contribution in [2.24, 2.45) is 0 Å². The number of aliphatic hydroxyl groups excluding tert-OH is 1. The monoisotopic (exact) mass is 324 g/mol. The summed E-state index contributed by atoms with van der Waals surface area (Å²) in [4.78, 5) is 0. The fraction of sp³-hybridized carbons (Fsp3) is 0.200. The highest BCUT2D eigenvalue weighted by Gasteiger charge is 2.16. The summed E-state index contributed by atoms with van der Waals surface area (Å²) in [6, 6.07) is 10.0. The van der Waals surface area contributed by atoms with Gasteiger partial charge in [-0.05, 0) is 52.7 Å². The Kier molecular flexibility index (Phi) is 4.22. The Morgan fingerprint density at radius 2 is 1.95 bits per heavy atom. The van der Waals surface area contributed by atoms with E-state index in [9.17, 15) is 9.50 Å². The molecular weight excluding hydrogens is 311 g/mol. The van der Waals surface area contributed by atoms with Crippen LogP contribution in [0, 0.1) is 12.7 Å². The van der Waals surface area contributed by atoms with E-state index in [1.54, 1.807) is 19.2 Å². The van der Waals surface area contributed by atoms with Crippen molar-refractivity contribution < 1.29 is 14.2 Å². The third kappa shape index (κ3) is 2.96. The average Bonchev–Trinajstić information content (AvgIpc) is 2.41. The van der Waals surface area contributed by atoms with Gasteiger partial charge in [0.1, 0.15) is 17.7 Å². The third-order valence-electron chi connectivity index (χ3n) is 2.94. The second-order valence-electron chi connectivity index (χ2n) is 4.32. The summed E-state index contributed by atoms with van der Waals surface area (Å²) in [5, 5.41) is 10.4. The first kappa shape index (κ1) is 14.0. The zero-order valence-electron chi connectivity index (χ0n) is 10.7. The molecule has 0 aliphatic rings. The number of halogens is 2. The Bertz CT molecular complexity index is 599. The van der Waals surface area contributed by atoms with Gasteiger partial charge < -0.3 is 9.84 Å². The molecule has 0 aliphatic carbocycles. The van der Waals surface area contributed by atoms with Crippen molar-refractivity contribution in [3.8, 4) is 5.75 Å². The number of hydrogen-bond acceptors (Lipinski definition) is 2. The predicted molar refractivity (Wildman–Crippen MR) is 75.9 cm³/mol. The lowest BCUT2D eigenvalue weighted by atomic mass is 9.99. The van der Waals surface area contributed by atoms with Gasteiger partial charge in [0.15, 0.2) is 0 Å². The van der Waals surface area contributed by atoms with Crippen LogP contribution in [0.2, 0.25) is 0 Å². The zero-order chi connectivity index (χ0) is 14.0. The van der Waals surface area contributed by atoms with Gasteiger partial charge in [0, 0.05) is 5.56 Å². The van der Waals surface area contributed by atoms with Gasteiger partial charge in [-0.1, -0.05) is 17.7 Å². The van der Waals surface area contributed by atoms with Crippen LogP contribution in [0.4, 0.5) is 4.39 Å². The Labute approximate surface area is 120 Å². The summed E-state index contributed by atoms with van der Waals surface area (Å²) in [7, 11) is 1.56. The molecule has 0 heterocycles. The molecule has 2 aromatic rings. The van der Waals surface area contributed by atoms with Crippen LogP contribution in [0.3, 0.4) is 0 Å². The van der Waals surface area contributed by atoms with Gasteiger partial charge in [-0.15, -0.1) is 0 Å². The highest BCUT2D eigenvalue weighted by Crippen LogP contribution is 2.32. The third-order valence-corrected chi connectivity index (χ3v) is 3.55. The highest BCUT2D eigenvalue weighted by molar-refractivity contribution is 9.10. The van der Waals surface area contributed by atoms with E-state index in [-0.39, 0.29) is 5.82 Å². The predicted octanol–water partition coefficient (Wildman–Crippen LogP) is 3.99. The van der Waals surface area contributed by atoms with Crippen LogP contribution in [0.25, 0.3) is 0 Å². The van der Waals surface area contributed by atoms with Crippen LogP contribution in [-0.2, 0) is 0 Å². The van der Waals surface area contributed by atoms with Crippen LogP contribution in [0.1, 0.15) is 22.8 Å². The summed E-state index contributed by atoms with van der Waals surface area (Å²) in [6.45, 7) is 1.94. The van der Waals surface area contributed by atoms with Crippen molar-refractivity contribution in [3.05, 3.63) is 63.4 Å². The second kappa shape index (κ2) is 5.72. The van der Waals surface area contributed by atoms with E-state index in [0.29, 0.717) is 21.3 Å². The minimum Gasteiger partial charge on any atom is -0.496 e. The fourth-order valence-corrected chi connectivity index (χ4v) is 2.33. The molecule has 0 radical (unpaired) electrons. The van der Waals surface area contributed by atoms with Crippen molar-refractivity contribution in [3.63, 3.8) is 0 Å². The molecule has 1 atom stereocenters. The number of benzene rings is 2. The van der Waals surface area contributed by atoms with E-state index >= 15 is 0 Å². The van der Waals surface area contributed by atoms with Crippen LogP contribution in [-0.4, -0.2) is 12.2 Å². The molecule has 1 unspecified atom stereocenters. The lowest BCUT2D eigenvalue weighted by Crippen LogP contribution is -2.03. The van der Waals surface area contributed by atoms with Crippen molar-refractivity contribution >= 4 is 15.9 Å². The Morgan fingerprint density at radius 1 is 1.21 bits per heavy atom. The topological polar surface area (TPSA) is 29.5 Å². The largest absolute Gasteiger partial charge is 0.496 e. The molecule has 0 spiro atoms. The molecule has 0 aliphatic heterocycles. The maximum atomic E-state index is 13.2. The molecule has 100 valence electrons. The lowest BCUT2D eigenvalue weighted by Gasteiger charge is -2.16. The quantitative estimate of drug-likeness (QED) is 0.925. The summed E-state index contributed by atoms with van der Waals surface area (Å²) in [5.74, 6) is 0.255. The van der Waals surface area contributed by atoms with Crippen molar-refractivity contribution in [2.45, 2.75) is 13.0 Å². The summed E-state index contributed by atoms with van der Waals surface area (Å²) in [6.07, 6.45) is -0.855. The maximum Gasteiger partial charge on any atom is 0.137 e. The molecule has 4 heteroatoms. The van der Waals surface area contributed by atoms with Gasteiger partial charge in [-0.2, -0.15) is 0 Å². The molecule has 0 bridgehead atoms. The first-order valence-corrected chi connectivity index (χ1v) is 6.59. The van der Waals surface area contributed by atoms with Crippen molar-refractivity contribution in [1.82, 2.24) is 0 Å². The highest BCUT2D eigenvalue weighted by atomic mass is 79.9. The van der Waals surface area contributed by atoms with Crippen LogP contribution in [0.15, 0.2) is 40.9 Å². The standard InChI is InChI=1S/C15H14BrFO2/c1-9-3-6-14(19-2)11(7-9)15(18)10-4-5-13(17)12(16)8-10/h3-8,15,18H,1-2H3. The summed E-state index contributed by atoms with van der Waals surface area (Å²) < 4.78 is 18.8. The van der Waals surface area contributed by atoms with E-state index in [1.165, 1.54) is 6.07 Å². The number of ether oxygens (including phenoxy) is 1. The molecular formula is C15H14BrFO2. The van der Waals surface area contributed by atoms with Gasteiger partial charge in [-0.25, -0.2) is 4.39 Å². The molecule has 2 rings (SSSR count). The number of aryl methyl sites for hydroxylation is 1. The molecule has 2 nitrogen and oxygen atoms in total. The van der Waals surface area contributed by atoms with Crippen LogP contribution in [0.5, 0.6) is 5.75 Å². The van der Waals surface area contributed by atoms with Crippen molar-refractivity contribution in [2.75, 3.05) is 7.11 Å². The minimum atomic E-state index is -0.855. The number of methoxy groups -OCH3 is 1. The Balaban J connectivity index is 2.45. The zero-order valence-corrected chi connectivity index (χ0v) is 12.2. The van der Waals surface area contributed by atoms with Gasteiger partial charge >= 0.3 is 0 Å². The SMILES string of the molecule is COc1ccc(C)cc1C(O)c1ccc(F)c(Br)c1. The van der Waals surface area contributed by atoms with E-state index in [0.717, 1.165) is 5.56 Å². The summed E-state index contributed by atoms with van der Waals surface area (Å²) in [5.41, 5.74) is 2.30. The molecule has 2 aromatic carbocycles. The molecule has 0 saturated carbocycles. The molecule has 0 aromatic heterocycles. The molecule has 0 saturated heterocycles. The molecule has 19 heavy (non-hydrogen) atoms. The Hall–Kier alpha value is -1.39. The number of rotatable bonds is 3. The van der Waals surface area contributed by atoms with E-state index in [2.05, 4.69) is 15.9 Å². The Morgan fingerprint density at radius 3 is 2.58 bits per heavy atom. The van der Waals surface area contributed by atoms with Gasteiger partial charge in [0.05, 0.1) is 11.6 Å². The van der Waals surface area contributed by atoms with Gasteiger partial charge in [0.2, 0.25) is 0 Å². The first-order valence-electron chi connectivity index (χ1n) is 5.80.